The van der Waals surface area contributed by atoms with E-state index in [1.54, 1.807) is 19.1 Å². The minimum absolute atomic E-state index is 0.00630. The van der Waals surface area contributed by atoms with Crippen LogP contribution in [0, 0.1) is 12.7 Å². The first kappa shape index (κ1) is 20.4. The fraction of sp³-hybridized carbons (Fsp3) is 0.333. The van der Waals surface area contributed by atoms with E-state index in [0.29, 0.717) is 6.54 Å². The van der Waals surface area contributed by atoms with Gasteiger partial charge in [0.2, 0.25) is 5.91 Å². The summed E-state index contributed by atoms with van der Waals surface area (Å²) in [5.74, 6) is -1.17. The monoisotopic (exact) mass is 372 g/mol. The topological polar surface area (TPSA) is 58.6 Å². The van der Waals surface area contributed by atoms with Crippen LogP contribution in [-0.2, 0) is 16.1 Å². The molecule has 6 heteroatoms. The molecule has 0 aromatic heterocycles. The molecule has 27 heavy (non-hydrogen) atoms. The number of nitrogens with one attached hydrogen (secondary N) is 1. The van der Waals surface area contributed by atoms with Gasteiger partial charge in [-0.15, -0.1) is 0 Å². The van der Waals surface area contributed by atoms with E-state index >= 15 is 0 Å². The number of benzene rings is 2. The van der Waals surface area contributed by atoms with Gasteiger partial charge in [0.05, 0.1) is 0 Å². The predicted octanol–water partition coefficient (Wildman–Crippen LogP) is 3.07. The van der Waals surface area contributed by atoms with E-state index < -0.39 is 17.8 Å². The normalized spacial score (nSPS) is 11.6. The molecule has 2 amide bonds. The molecule has 0 bridgehead atoms. The smallest absolute Gasteiger partial charge is 0.261 e. The fourth-order valence-electron chi connectivity index (χ4n) is 2.58. The zero-order valence-corrected chi connectivity index (χ0v) is 15.9. The lowest BCUT2D eigenvalue weighted by atomic mass is 10.1. The van der Waals surface area contributed by atoms with E-state index in [2.05, 4.69) is 5.32 Å². The van der Waals surface area contributed by atoms with Gasteiger partial charge in [0.15, 0.2) is 18.2 Å². The maximum atomic E-state index is 13.7. The first-order valence-electron chi connectivity index (χ1n) is 8.92. The van der Waals surface area contributed by atoms with Crippen LogP contribution in [0.2, 0.25) is 0 Å². The van der Waals surface area contributed by atoms with E-state index in [1.807, 2.05) is 38.1 Å². The lowest BCUT2D eigenvalue weighted by molar-refractivity contribution is -0.142. The lowest BCUT2D eigenvalue weighted by Crippen LogP contribution is -2.49. The van der Waals surface area contributed by atoms with Crippen molar-refractivity contribution in [3.8, 4) is 5.75 Å². The van der Waals surface area contributed by atoms with Crippen LogP contribution in [0.3, 0.4) is 0 Å². The number of ether oxygens (including phenoxy) is 1. The molecule has 0 saturated heterocycles. The Bertz CT molecular complexity index is 777. The summed E-state index contributed by atoms with van der Waals surface area (Å²) in [6, 6.07) is 12.9. The van der Waals surface area contributed by atoms with Crippen LogP contribution in [0.25, 0.3) is 0 Å². The second-order valence-corrected chi connectivity index (χ2v) is 6.30. The fourth-order valence-corrected chi connectivity index (χ4v) is 2.58. The van der Waals surface area contributed by atoms with Crippen molar-refractivity contribution in [1.29, 1.82) is 0 Å². The summed E-state index contributed by atoms with van der Waals surface area (Å²) in [6.07, 6.45) is 0. The highest BCUT2D eigenvalue weighted by molar-refractivity contribution is 5.87. The Labute approximate surface area is 159 Å². The molecule has 0 heterocycles. The van der Waals surface area contributed by atoms with Crippen LogP contribution in [0.5, 0.6) is 5.75 Å². The molecule has 1 unspecified atom stereocenters. The van der Waals surface area contributed by atoms with Crippen molar-refractivity contribution in [3.05, 3.63) is 65.5 Å². The van der Waals surface area contributed by atoms with Gasteiger partial charge in [-0.1, -0.05) is 42.0 Å². The van der Waals surface area contributed by atoms with Gasteiger partial charge >= 0.3 is 0 Å². The number of halogens is 1. The number of carbonyl (C=O) groups is 2. The number of hydrogen-bond acceptors (Lipinski definition) is 3. The maximum absolute atomic E-state index is 13.7. The van der Waals surface area contributed by atoms with Gasteiger partial charge in [-0.2, -0.15) is 0 Å². The number of likely N-dealkylation sites (N-methyl/N-ethyl adjacent to an activating group) is 1. The third-order valence-corrected chi connectivity index (χ3v) is 4.18. The molecule has 0 fully saturated rings. The summed E-state index contributed by atoms with van der Waals surface area (Å²) >= 11 is 0. The summed E-state index contributed by atoms with van der Waals surface area (Å²) in [6.45, 7) is 5.85. The number of amides is 2. The van der Waals surface area contributed by atoms with Gasteiger partial charge in [-0.05, 0) is 38.5 Å². The quantitative estimate of drug-likeness (QED) is 0.775. The molecule has 0 radical (unpaired) electrons. The largest absolute Gasteiger partial charge is 0.481 e. The molecule has 0 spiro atoms. The highest BCUT2D eigenvalue weighted by Gasteiger charge is 2.26. The number of hydrogen-bond donors (Lipinski definition) is 1. The molecule has 144 valence electrons. The second-order valence-electron chi connectivity index (χ2n) is 6.30. The van der Waals surface area contributed by atoms with E-state index in [1.165, 1.54) is 17.0 Å². The zero-order valence-electron chi connectivity index (χ0n) is 15.9. The molecule has 0 aliphatic rings. The van der Waals surface area contributed by atoms with Gasteiger partial charge in [-0.25, -0.2) is 4.39 Å². The van der Waals surface area contributed by atoms with E-state index in [9.17, 15) is 14.0 Å². The first-order chi connectivity index (χ1) is 12.9. The van der Waals surface area contributed by atoms with Gasteiger partial charge in [0.1, 0.15) is 6.04 Å². The standard InChI is InChI=1S/C21H25FN2O3/c1-4-23-21(26)16(3)24(13-17-11-9-15(2)10-12-17)20(25)14-27-19-8-6-5-7-18(19)22/h5-12,16H,4,13-14H2,1-3H3,(H,23,26). The minimum Gasteiger partial charge on any atom is -0.481 e. The molecule has 1 N–H and O–H groups in total. The van der Waals surface area contributed by atoms with Crippen molar-refractivity contribution in [2.75, 3.05) is 13.2 Å². The highest BCUT2D eigenvalue weighted by atomic mass is 19.1. The van der Waals surface area contributed by atoms with Gasteiger partial charge < -0.3 is 15.0 Å². The summed E-state index contributed by atoms with van der Waals surface area (Å²) in [5, 5.41) is 2.72. The van der Waals surface area contributed by atoms with E-state index in [0.717, 1.165) is 11.1 Å². The molecular weight excluding hydrogens is 347 g/mol. The minimum atomic E-state index is -0.678. The summed E-state index contributed by atoms with van der Waals surface area (Å²) in [4.78, 5) is 26.4. The summed E-state index contributed by atoms with van der Waals surface area (Å²) in [7, 11) is 0. The molecule has 0 aliphatic heterocycles. The molecule has 2 aromatic carbocycles. The third kappa shape index (κ3) is 5.81. The van der Waals surface area contributed by atoms with Gasteiger partial charge in [0.25, 0.3) is 5.91 Å². The average molecular weight is 372 g/mol. The van der Waals surface area contributed by atoms with Crippen LogP contribution in [-0.4, -0.2) is 35.9 Å². The Kier molecular flexibility index (Phi) is 7.34. The Morgan fingerprint density at radius 1 is 1.15 bits per heavy atom. The third-order valence-electron chi connectivity index (χ3n) is 4.18. The predicted molar refractivity (Wildman–Crippen MR) is 102 cm³/mol. The SMILES string of the molecule is CCNC(=O)C(C)N(Cc1ccc(C)cc1)C(=O)COc1ccccc1F. The zero-order chi connectivity index (χ0) is 19.8. The Morgan fingerprint density at radius 3 is 2.44 bits per heavy atom. The van der Waals surface area contributed by atoms with Crippen LogP contribution in [0.4, 0.5) is 4.39 Å². The molecule has 0 saturated carbocycles. The summed E-state index contributed by atoms with van der Waals surface area (Å²) < 4.78 is 19.0. The Morgan fingerprint density at radius 2 is 1.81 bits per heavy atom. The van der Waals surface area contributed by atoms with Crippen LogP contribution in [0.15, 0.2) is 48.5 Å². The molecular formula is C21H25FN2O3. The Balaban J connectivity index is 2.14. The second kappa shape index (κ2) is 9.71. The van der Waals surface area contributed by atoms with E-state index in [-0.39, 0.29) is 24.8 Å². The first-order valence-corrected chi connectivity index (χ1v) is 8.92. The molecule has 0 aliphatic carbocycles. The van der Waals surface area contributed by atoms with Gasteiger partial charge in [0, 0.05) is 13.1 Å². The van der Waals surface area contributed by atoms with Crippen molar-refractivity contribution >= 4 is 11.8 Å². The van der Waals surface area contributed by atoms with Crippen LogP contribution < -0.4 is 10.1 Å². The number of nitrogens with zero attached hydrogens (tertiary/aromatic N) is 1. The van der Waals surface area contributed by atoms with Gasteiger partial charge in [-0.3, -0.25) is 9.59 Å². The number of para-hydroxylation sites is 1. The van der Waals surface area contributed by atoms with Crippen molar-refractivity contribution in [3.63, 3.8) is 0 Å². The number of aryl methyl sites for hydroxylation is 1. The lowest BCUT2D eigenvalue weighted by Gasteiger charge is -2.28. The van der Waals surface area contributed by atoms with Crippen molar-refractivity contribution in [2.45, 2.75) is 33.4 Å². The van der Waals surface area contributed by atoms with Crippen LogP contribution in [0.1, 0.15) is 25.0 Å². The average Bonchev–Trinajstić information content (AvgIpc) is 2.66. The molecule has 5 nitrogen and oxygen atoms in total. The highest BCUT2D eigenvalue weighted by Crippen LogP contribution is 2.16. The van der Waals surface area contributed by atoms with Crippen molar-refractivity contribution in [2.24, 2.45) is 0 Å². The Hall–Kier alpha value is -2.89. The molecule has 1 atom stereocenters. The number of rotatable bonds is 8. The number of carbonyl (C=O) groups excluding carboxylic acids is 2. The van der Waals surface area contributed by atoms with Crippen molar-refractivity contribution < 1.29 is 18.7 Å². The van der Waals surface area contributed by atoms with Crippen molar-refractivity contribution in [1.82, 2.24) is 10.2 Å². The molecule has 2 aromatic rings. The maximum Gasteiger partial charge on any atom is 0.261 e. The van der Waals surface area contributed by atoms with Crippen LogP contribution >= 0.6 is 0 Å². The summed E-state index contributed by atoms with van der Waals surface area (Å²) in [5.41, 5.74) is 2.01. The molecule has 2 rings (SSSR count). The van der Waals surface area contributed by atoms with E-state index in [4.69, 9.17) is 4.74 Å².